The molecule has 136 valence electrons. The molecule has 0 saturated heterocycles. The SMILES string of the molecule is O=CC1NN=C(Cc2cccnc2)c2cc(-c3c[nH]c4ncccc34)ccc21. The van der Waals surface area contributed by atoms with Crippen LogP contribution in [0.2, 0.25) is 0 Å². The van der Waals surface area contributed by atoms with E-state index in [1.54, 1.807) is 12.4 Å². The molecule has 0 saturated carbocycles. The van der Waals surface area contributed by atoms with E-state index in [1.807, 2.05) is 48.8 Å². The first kappa shape index (κ1) is 16.4. The monoisotopic (exact) mass is 367 g/mol. The van der Waals surface area contributed by atoms with Gasteiger partial charge in [0.2, 0.25) is 0 Å². The van der Waals surface area contributed by atoms with Crippen LogP contribution in [0.4, 0.5) is 0 Å². The van der Waals surface area contributed by atoms with E-state index in [9.17, 15) is 4.79 Å². The summed E-state index contributed by atoms with van der Waals surface area (Å²) in [4.78, 5) is 23.3. The first-order chi connectivity index (χ1) is 13.8. The second kappa shape index (κ2) is 6.74. The molecule has 4 aromatic rings. The van der Waals surface area contributed by atoms with E-state index in [2.05, 4.69) is 31.5 Å². The molecule has 4 heterocycles. The minimum atomic E-state index is -0.439. The highest BCUT2D eigenvalue weighted by Gasteiger charge is 2.23. The van der Waals surface area contributed by atoms with E-state index in [-0.39, 0.29) is 0 Å². The van der Waals surface area contributed by atoms with Gasteiger partial charge in [-0.25, -0.2) is 4.98 Å². The molecule has 1 aromatic carbocycles. The Hall–Kier alpha value is -3.80. The van der Waals surface area contributed by atoms with Crippen LogP contribution in [0.15, 0.2) is 72.4 Å². The van der Waals surface area contributed by atoms with Crippen LogP contribution in [0.1, 0.15) is 22.7 Å². The molecule has 1 aliphatic rings. The van der Waals surface area contributed by atoms with Crippen molar-refractivity contribution in [1.82, 2.24) is 20.4 Å². The van der Waals surface area contributed by atoms with Crippen molar-refractivity contribution < 1.29 is 4.79 Å². The number of aromatic nitrogens is 3. The van der Waals surface area contributed by atoms with Gasteiger partial charge in [0.15, 0.2) is 0 Å². The lowest BCUT2D eigenvalue weighted by atomic mass is 9.90. The molecule has 28 heavy (non-hydrogen) atoms. The normalized spacial score (nSPS) is 15.6. The maximum atomic E-state index is 11.5. The first-order valence-electron chi connectivity index (χ1n) is 9.06. The van der Waals surface area contributed by atoms with Crippen molar-refractivity contribution in [3.8, 4) is 11.1 Å². The zero-order valence-corrected chi connectivity index (χ0v) is 15.0. The van der Waals surface area contributed by atoms with Gasteiger partial charge in [-0.2, -0.15) is 5.10 Å². The Kier molecular flexibility index (Phi) is 3.94. The zero-order valence-electron chi connectivity index (χ0n) is 15.0. The molecule has 1 atom stereocenters. The highest BCUT2D eigenvalue weighted by molar-refractivity contribution is 6.06. The molecule has 2 N–H and O–H groups in total. The van der Waals surface area contributed by atoms with Crippen molar-refractivity contribution in [2.24, 2.45) is 5.10 Å². The number of hydrogen-bond donors (Lipinski definition) is 2. The number of benzene rings is 1. The summed E-state index contributed by atoms with van der Waals surface area (Å²) in [6.07, 6.45) is 8.86. The van der Waals surface area contributed by atoms with Crippen LogP contribution in [-0.2, 0) is 11.2 Å². The van der Waals surface area contributed by atoms with Gasteiger partial charge in [0, 0.05) is 47.7 Å². The number of carbonyl (C=O) groups excluding carboxylic acids is 1. The molecule has 1 aliphatic heterocycles. The number of rotatable bonds is 4. The Labute approximate surface area is 161 Å². The molecule has 6 nitrogen and oxygen atoms in total. The fraction of sp³-hybridized carbons (Fsp3) is 0.0909. The Morgan fingerprint density at radius 1 is 1.07 bits per heavy atom. The third-order valence-corrected chi connectivity index (χ3v) is 5.03. The molecule has 0 bridgehead atoms. The minimum Gasteiger partial charge on any atom is -0.346 e. The predicted octanol–water partition coefficient (Wildman–Crippen LogP) is 3.41. The predicted molar refractivity (Wildman–Crippen MR) is 108 cm³/mol. The standard InChI is InChI=1S/C22H17N5O/c28-13-21-16-6-5-15(19-12-25-22-17(19)4-2-8-24-22)10-18(16)20(26-27-21)9-14-3-1-7-23-11-14/h1-8,10-13,21,27H,9H2,(H,24,25). The Morgan fingerprint density at radius 2 is 2.00 bits per heavy atom. The number of nitrogens with zero attached hydrogens (tertiary/aromatic N) is 3. The smallest absolute Gasteiger partial charge is 0.148 e. The van der Waals surface area contributed by atoms with E-state index >= 15 is 0 Å². The second-order valence-electron chi connectivity index (χ2n) is 6.74. The van der Waals surface area contributed by atoms with Gasteiger partial charge in [-0.15, -0.1) is 0 Å². The van der Waals surface area contributed by atoms with Crippen LogP contribution >= 0.6 is 0 Å². The van der Waals surface area contributed by atoms with Crippen molar-refractivity contribution in [3.05, 3.63) is 83.9 Å². The third-order valence-electron chi connectivity index (χ3n) is 5.03. The second-order valence-corrected chi connectivity index (χ2v) is 6.74. The van der Waals surface area contributed by atoms with Crippen LogP contribution in [-0.4, -0.2) is 26.9 Å². The van der Waals surface area contributed by atoms with Crippen molar-refractivity contribution in [1.29, 1.82) is 0 Å². The number of H-pyrrole nitrogens is 1. The Morgan fingerprint density at radius 3 is 2.86 bits per heavy atom. The van der Waals surface area contributed by atoms with Crippen molar-refractivity contribution in [2.75, 3.05) is 0 Å². The molecule has 1 unspecified atom stereocenters. The highest BCUT2D eigenvalue weighted by atomic mass is 16.1. The van der Waals surface area contributed by atoms with Crippen LogP contribution in [0.5, 0.6) is 0 Å². The summed E-state index contributed by atoms with van der Waals surface area (Å²) in [5.74, 6) is 0. The van der Waals surface area contributed by atoms with E-state index in [4.69, 9.17) is 0 Å². The fourth-order valence-electron chi connectivity index (χ4n) is 3.65. The lowest BCUT2D eigenvalue weighted by Gasteiger charge is -2.23. The van der Waals surface area contributed by atoms with Crippen LogP contribution in [0, 0.1) is 0 Å². The molecule has 0 spiro atoms. The molecule has 6 heteroatoms. The summed E-state index contributed by atoms with van der Waals surface area (Å²) in [5.41, 5.74) is 9.83. The average molecular weight is 367 g/mol. The number of hydrazone groups is 1. The molecular formula is C22H17N5O. The summed E-state index contributed by atoms with van der Waals surface area (Å²) in [6.45, 7) is 0. The molecule has 0 fully saturated rings. The number of nitrogens with one attached hydrogen (secondary N) is 2. The first-order valence-corrected chi connectivity index (χ1v) is 9.06. The topological polar surface area (TPSA) is 83.0 Å². The number of carbonyl (C=O) groups is 1. The summed E-state index contributed by atoms with van der Waals surface area (Å²) in [5, 5.41) is 5.55. The maximum absolute atomic E-state index is 11.5. The quantitative estimate of drug-likeness (QED) is 0.542. The molecule has 0 radical (unpaired) electrons. The fourth-order valence-corrected chi connectivity index (χ4v) is 3.65. The lowest BCUT2D eigenvalue weighted by molar-refractivity contribution is -0.109. The summed E-state index contributed by atoms with van der Waals surface area (Å²) in [7, 11) is 0. The van der Waals surface area contributed by atoms with E-state index in [0.29, 0.717) is 6.42 Å². The molecule has 0 amide bonds. The molecular weight excluding hydrogens is 350 g/mol. The highest BCUT2D eigenvalue weighted by Crippen LogP contribution is 2.32. The van der Waals surface area contributed by atoms with Gasteiger partial charge in [0.05, 0.1) is 5.71 Å². The van der Waals surface area contributed by atoms with E-state index in [0.717, 1.165) is 50.8 Å². The van der Waals surface area contributed by atoms with Crippen LogP contribution < -0.4 is 5.43 Å². The number of aldehydes is 1. The third kappa shape index (κ3) is 2.75. The Bertz CT molecular complexity index is 1200. The van der Waals surface area contributed by atoms with Crippen molar-refractivity contribution in [3.63, 3.8) is 0 Å². The van der Waals surface area contributed by atoms with Gasteiger partial charge in [-0.1, -0.05) is 18.2 Å². The van der Waals surface area contributed by atoms with Gasteiger partial charge in [0.1, 0.15) is 18.0 Å². The average Bonchev–Trinajstić information content (AvgIpc) is 3.19. The van der Waals surface area contributed by atoms with Crippen molar-refractivity contribution in [2.45, 2.75) is 12.5 Å². The lowest BCUT2D eigenvalue weighted by Crippen LogP contribution is -2.28. The van der Waals surface area contributed by atoms with Gasteiger partial charge in [0.25, 0.3) is 0 Å². The van der Waals surface area contributed by atoms with E-state index in [1.165, 1.54) is 0 Å². The number of aromatic amines is 1. The van der Waals surface area contributed by atoms with Crippen LogP contribution in [0.3, 0.4) is 0 Å². The largest absolute Gasteiger partial charge is 0.346 e. The zero-order chi connectivity index (χ0) is 18.9. The van der Waals surface area contributed by atoms with Crippen LogP contribution in [0.25, 0.3) is 22.2 Å². The number of hydrogen-bond acceptors (Lipinski definition) is 5. The summed E-state index contributed by atoms with van der Waals surface area (Å²) < 4.78 is 0. The summed E-state index contributed by atoms with van der Waals surface area (Å²) >= 11 is 0. The van der Waals surface area contributed by atoms with E-state index < -0.39 is 6.04 Å². The number of pyridine rings is 2. The maximum Gasteiger partial charge on any atom is 0.148 e. The van der Waals surface area contributed by atoms with Crippen molar-refractivity contribution >= 4 is 23.0 Å². The van der Waals surface area contributed by atoms with Gasteiger partial charge >= 0.3 is 0 Å². The molecule has 5 rings (SSSR count). The number of fused-ring (bicyclic) bond motifs is 2. The molecule has 3 aromatic heterocycles. The van der Waals surface area contributed by atoms with Gasteiger partial charge in [-0.05, 0) is 41.0 Å². The van der Waals surface area contributed by atoms with Gasteiger partial charge < -0.3 is 9.78 Å². The summed E-state index contributed by atoms with van der Waals surface area (Å²) in [6, 6.07) is 13.6. The Balaban J connectivity index is 1.61. The molecule has 0 aliphatic carbocycles. The minimum absolute atomic E-state index is 0.439. The van der Waals surface area contributed by atoms with Gasteiger partial charge in [-0.3, -0.25) is 10.4 Å².